The lowest BCUT2D eigenvalue weighted by Gasteiger charge is -2.24. The number of halogens is 18. The summed E-state index contributed by atoms with van der Waals surface area (Å²) in [7, 11) is -5.72. The lowest BCUT2D eigenvalue weighted by atomic mass is 10.0. The first-order valence-electron chi connectivity index (χ1n) is 35.4. The molecule has 0 aliphatic heterocycles. The Kier molecular flexibility index (Phi) is 21.4. The molecule has 0 saturated heterocycles. The van der Waals surface area contributed by atoms with E-state index in [0.29, 0.717) is 30.9 Å². The summed E-state index contributed by atoms with van der Waals surface area (Å²) < 4.78 is 301. The van der Waals surface area contributed by atoms with E-state index in [0.717, 1.165) is 45.9 Å². The van der Waals surface area contributed by atoms with Gasteiger partial charge < -0.3 is 20.1 Å². The second-order valence-electron chi connectivity index (χ2n) is 28.4. The summed E-state index contributed by atoms with van der Waals surface area (Å²) in [6.07, 6.45) is -12.5. The van der Waals surface area contributed by atoms with Gasteiger partial charge in [-0.15, -0.1) is 0 Å². The number of nitrogens with one attached hydrogen (secondary N) is 4. The van der Waals surface area contributed by atoms with Crippen molar-refractivity contribution >= 4 is 111 Å². The van der Waals surface area contributed by atoms with Crippen molar-refractivity contribution in [2.75, 3.05) is 36.2 Å². The molecule has 120 heavy (non-hydrogen) atoms. The monoisotopic (exact) mass is 1770 g/mol. The minimum absolute atomic E-state index is 0.0478. The highest BCUT2D eigenvalue weighted by molar-refractivity contribution is 7.92. The number of benzene rings is 4. The molecule has 2 amide bonds. The summed E-state index contributed by atoms with van der Waals surface area (Å²) in [5.41, 5.74) is -8.41. The van der Waals surface area contributed by atoms with Crippen molar-refractivity contribution in [2.24, 2.45) is 11.8 Å². The fourth-order valence-corrected chi connectivity index (χ4v) is 16.9. The summed E-state index contributed by atoms with van der Waals surface area (Å²) in [4.78, 5) is 74.9. The molecule has 48 heteroatoms. The fourth-order valence-electron chi connectivity index (χ4n) is 15.4. The number of methoxy groups -OCH3 is 2. The van der Waals surface area contributed by atoms with E-state index in [-0.39, 0.29) is 112 Å². The van der Waals surface area contributed by atoms with Crippen molar-refractivity contribution < 1.29 is 106 Å². The Morgan fingerprint density at radius 3 is 1.20 bits per heavy atom. The molecule has 8 aromatic heterocycles. The van der Waals surface area contributed by atoms with Gasteiger partial charge in [-0.2, -0.15) is 47.9 Å². The van der Waals surface area contributed by atoms with Gasteiger partial charge in [-0.1, -0.05) is 23.2 Å². The van der Waals surface area contributed by atoms with Crippen molar-refractivity contribution in [3.8, 4) is 23.1 Å². The van der Waals surface area contributed by atoms with Crippen LogP contribution in [0.15, 0.2) is 94.5 Å². The third-order valence-corrected chi connectivity index (χ3v) is 21.9. The average molecular weight is 1770 g/mol. The number of rotatable bonds is 26. The van der Waals surface area contributed by atoms with E-state index >= 15 is 17.6 Å². The van der Waals surface area contributed by atoms with Gasteiger partial charge >= 0.3 is 0 Å². The van der Waals surface area contributed by atoms with E-state index < -0.39 is 225 Å². The Balaban J connectivity index is 0.000000187. The van der Waals surface area contributed by atoms with Gasteiger partial charge in [0.2, 0.25) is 43.6 Å². The molecule has 0 radical (unpaired) electrons. The predicted octanol–water partition coefficient (Wildman–Crippen LogP) is 12.3. The third-order valence-electron chi connectivity index (χ3n) is 20.1. The Morgan fingerprint density at radius 2 is 0.875 bits per heavy atom. The minimum atomic E-state index is -4.12. The lowest BCUT2D eigenvalue weighted by molar-refractivity contribution is -0.123. The number of pyridine rings is 2. The zero-order valence-electron chi connectivity index (χ0n) is 61.5. The number of aromatic nitrogens is 14. The van der Waals surface area contributed by atoms with Crippen LogP contribution in [0.3, 0.4) is 0 Å². The number of alkyl halides is 12. The maximum absolute atomic E-state index is 15.4. The van der Waals surface area contributed by atoms with Crippen molar-refractivity contribution in [2.45, 2.75) is 113 Å². The quantitative estimate of drug-likeness (QED) is 0.0366. The van der Waals surface area contributed by atoms with Crippen LogP contribution in [0.5, 0.6) is 11.8 Å². The largest absolute Gasteiger partial charge is 0.481 e. The van der Waals surface area contributed by atoms with E-state index in [1.165, 1.54) is 62.8 Å². The number of anilines is 2. The van der Waals surface area contributed by atoms with Crippen molar-refractivity contribution in [1.29, 1.82) is 0 Å². The second kappa shape index (κ2) is 30.8. The first kappa shape index (κ1) is 83.4. The number of amides is 2. The molecule has 4 aliphatic carbocycles. The molecule has 1 unspecified atom stereocenters. The molecule has 4 N–H and O–H groups in total. The van der Waals surface area contributed by atoms with Crippen LogP contribution >= 0.6 is 23.2 Å². The van der Waals surface area contributed by atoms with E-state index in [1.54, 1.807) is 0 Å². The number of sulfonamides is 2. The van der Waals surface area contributed by atoms with Crippen LogP contribution in [0.2, 0.25) is 10.0 Å². The molecule has 0 bridgehead atoms. The zero-order chi connectivity index (χ0) is 86.3. The van der Waals surface area contributed by atoms with Crippen LogP contribution in [0, 0.1) is 35.1 Å². The van der Waals surface area contributed by atoms with Gasteiger partial charge in [-0.25, -0.2) is 79.5 Å². The summed E-state index contributed by atoms with van der Waals surface area (Å²) >= 11 is 13.0. The van der Waals surface area contributed by atoms with Crippen LogP contribution in [-0.4, -0.2) is 136 Å². The van der Waals surface area contributed by atoms with Crippen LogP contribution in [0.4, 0.5) is 81.9 Å². The van der Waals surface area contributed by atoms with E-state index in [2.05, 4.69) is 60.4 Å². The van der Waals surface area contributed by atoms with Gasteiger partial charge in [0, 0.05) is 60.1 Å². The molecule has 632 valence electrons. The number of carbonyl (C=O) groups excluding carboxylic acids is 2. The van der Waals surface area contributed by atoms with E-state index in [9.17, 15) is 88.7 Å². The first-order chi connectivity index (χ1) is 56.5. The van der Waals surface area contributed by atoms with Gasteiger partial charge in [0.25, 0.3) is 48.7 Å². The SMILES string of the molecule is COc1ccc2c(=O)n(-c3ccc(Cl)c4c(NS(C)(=O)=O)nn(CC(F)F)c34)c(C(Cc3cc(F)cc(F)c3)NC(=O)Cn3nc(C(F)F)c4c3C(F)(F)[C@@H]3C[C@H]43)nc2n1.COc1ccc2c(=O)n(-c3ccc(Cl)c4c(NS(C)(=O)=O)nn(CC(F)F)c34)c([C@H](Cc3cc(F)cc(F)c3)NC(=O)Cn3nc(C(F)F)c4c3C(F)(F)[C@@H]3C[C@H]43)nc2n1. The smallest absolute Gasteiger partial charge is 0.293 e. The molecule has 0 spiro atoms. The molecular weight excluding hydrogens is 1720 g/mol. The normalized spacial score (nSPS) is 17.4. The van der Waals surface area contributed by atoms with Gasteiger partial charge in [0.05, 0.1) is 92.8 Å². The number of carbonyl (C=O) groups is 2. The average Bonchev–Trinajstić information content (AvgIpc) is 1.52. The highest BCUT2D eigenvalue weighted by Crippen LogP contribution is 2.69. The lowest BCUT2D eigenvalue weighted by Crippen LogP contribution is -2.38. The highest BCUT2D eigenvalue weighted by atomic mass is 35.5. The number of hydrogen-bond donors (Lipinski definition) is 4. The topological polar surface area (TPSA) is 336 Å². The van der Waals surface area contributed by atoms with E-state index in [1.807, 2.05) is 0 Å². The number of hydrogen-bond acceptors (Lipinski definition) is 18. The first-order valence-corrected chi connectivity index (χ1v) is 39.9. The summed E-state index contributed by atoms with van der Waals surface area (Å²) in [5, 5.41) is 19.0. The number of ether oxygens (including phenoxy) is 2. The molecule has 12 aromatic rings. The van der Waals surface area contributed by atoms with Crippen molar-refractivity contribution in [1.82, 2.24) is 78.8 Å². The maximum atomic E-state index is 15.4. The van der Waals surface area contributed by atoms with Crippen LogP contribution in [0.1, 0.15) is 106 Å². The Bertz CT molecular complexity index is 6200. The molecule has 2 saturated carbocycles. The molecule has 28 nitrogen and oxygen atoms in total. The summed E-state index contributed by atoms with van der Waals surface area (Å²) in [5.74, 6) is -20.1. The van der Waals surface area contributed by atoms with Crippen LogP contribution in [0.25, 0.3) is 55.2 Å². The maximum Gasteiger partial charge on any atom is 0.293 e. The molecule has 6 atom stereocenters. The Labute approximate surface area is 672 Å². The number of nitrogens with zero attached hydrogens (tertiary/aromatic N) is 14. The fraction of sp³-hybridized carbons (Fsp3) is 0.333. The van der Waals surface area contributed by atoms with Crippen LogP contribution in [-0.2, 0) is 80.5 Å². The molecular formula is C72H56Cl2F16N18O10S2. The standard InChI is InChI=1S/2C36H28ClF8N9O5S/c2*1-59-25-6-3-17-32(47-25)48-34(54(35(17)56)22-5-4-20(37)27-29(22)52(12-23(40)41)50-33(27)51-60(2,57)58)21(9-14-7-15(38)10-16(39)8-14)46-24(55)13-53-30-26(28(49-53)31(42)43)18-11-19(18)36(30,44)45/h2*3-8,10,18-19,21,23,31H,9,11-13H2,1-2H3,(H,46,55)(H,50,51)/t18-,19+,21?;18-,19+,21-/m00/s1. The highest BCUT2D eigenvalue weighted by Gasteiger charge is 2.68. The Morgan fingerprint density at radius 1 is 0.517 bits per heavy atom. The van der Waals surface area contributed by atoms with Crippen molar-refractivity contribution in [3.63, 3.8) is 0 Å². The molecule has 4 aromatic carbocycles. The van der Waals surface area contributed by atoms with Gasteiger partial charge in [0.15, 0.2) is 22.9 Å². The molecule has 4 aliphatic rings. The Hall–Kier alpha value is -11.7. The minimum Gasteiger partial charge on any atom is -0.481 e. The van der Waals surface area contributed by atoms with Crippen LogP contribution < -0.4 is 40.7 Å². The second-order valence-corrected chi connectivity index (χ2v) is 32.7. The number of fused-ring (bicyclic) bond motifs is 10. The predicted molar refractivity (Wildman–Crippen MR) is 395 cm³/mol. The van der Waals surface area contributed by atoms with Gasteiger partial charge in [0.1, 0.15) is 83.9 Å². The molecule has 8 heterocycles. The zero-order valence-corrected chi connectivity index (χ0v) is 64.6. The summed E-state index contributed by atoms with van der Waals surface area (Å²) in [6.45, 7) is -4.48. The van der Waals surface area contributed by atoms with Gasteiger partial charge in [-0.05, 0) is 96.5 Å². The van der Waals surface area contributed by atoms with Gasteiger partial charge in [-0.3, -0.25) is 56.5 Å². The molecule has 2 fully saturated rings. The summed E-state index contributed by atoms with van der Waals surface area (Å²) in [6, 6.07) is 11.1. The van der Waals surface area contributed by atoms with E-state index in [4.69, 9.17) is 32.7 Å². The third kappa shape index (κ3) is 15.7. The van der Waals surface area contributed by atoms with Crippen molar-refractivity contribution in [3.05, 3.63) is 196 Å². The molecule has 16 rings (SSSR count).